The lowest BCUT2D eigenvalue weighted by Crippen LogP contribution is -2.47. The molecule has 2 heterocycles. The summed E-state index contributed by atoms with van der Waals surface area (Å²) in [7, 11) is 0. The van der Waals surface area contributed by atoms with Crippen molar-refractivity contribution in [3.63, 3.8) is 0 Å². The van der Waals surface area contributed by atoms with E-state index in [9.17, 15) is 9.59 Å². The molecule has 1 unspecified atom stereocenters. The summed E-state index contributed by atoms with van der Waals surface area (Å²) >= 11 is 6.09. The van der Waals surface area contributed by atoms with Crippen LogP contribution in [-0.4, -0.2) is 33.5 Å². The molecule has 2 atom stereocenters. The summed E-state index contributed by atoms with van der Waals surface area (Å²) in [6, 6.07) is 17.2. The van der Waals surface area contributed by atoms with Gasteiger partial charge in [0.05, 0.1) is 0 Å². The zero-order valence-corrected chi connectivity index (χ0v) is 18.6. The highest BCUT2D eigenvalue weighted by molar-refractivity contribution is 6.30. The van der Waals surface area contributed by atoms with Gasteiger partial charge < -0.3 is 10.1 Å². The van der Waals surface area contributed by atoms with Gasteiger partial charge in [0, 0.05) is 35.4 Å². The normalized spacial score (nSPS) is 19.6. The highest BCUT2D eigenvalue weighted by atomic mass is 35.5. The van der Waals surface area contributed by atoms with Crippen molar-refractivity contribution in [1.82, 2.24) is 15.3 Å². The second kappa shape index (κ2) is 10.3. The van der Waals surface area contributed by atoms with Crippen molar-refractivity contribution >= 4 is 23.5 Å². The fourth-order valence-corrected chi connectivity index (χ4v) is 4.00. The van der Waals surface area contributed by atoms with E-state index in [1.807, 2.05) is 12.1 Å². The standard InChI is InChI=1S/C26H22ClN3O3/c27-20-8-5-7-19(17-20)12-14-26(33-25(32)23-11-2-4-16-29-23)13-6-9-21(18-26)30-24(31)22-10-1-3-15-28-22/h1-5,7-8,10-11,15-17,21H,6,9,13,18H2,(H,30,31)/t21-,26?/m0/s1. The SMILES string of the molecule is O=C(N[C@H]1CCCC(C#Cc2cccc(Cl)c2)(OC(=O)c2ccccn2)C1)c1ccccn1. The third-order valence-corrected chi connectivity index (χ3v) is 5.60. The van der Waals surface area contributed by atoms with Crippen molar-refractivity contribution in [2.24, 2.45) is 0 Å². The van der Waals surface area contributed by atoms with Gasteiger partial charge in [0.25, 0.3) is 5.91 Å². The molecule has 2 aromatic heterocycles. The van der Waals surface area contributed by atoms with E-state index in [0.29, 0.717) is 23.6 Å². The van der Waals surface area contributed by atoms with Crippen LogP contribution in [-0.2, 0) is 4.74 Å². The van der Waals surface area contributed by atoms with Gasteiger partial charge in [-0.25, -0.2) is 9.78 Å². The number of esters is 1. The van der Waals surface area contributed by atoms with Gasteiger partial charge in [0.2, 0.25) is 0 Å². The Hall–Kier alpha value is -3.69. The van der Waals surface area contributed by atoms with Crippen LogP contribution in [0.15, 0.2) is 73.1 Å². The summed E-state index contributed by atoms with van der Waals surface area (Å²) in [5.41, 5.74) is 0.192. The van der Waals surface area contributed by atoms with Crippen molar-refractivity contribution in [1.29, 1.82) is 0 Å². The molecular weight excluding hydrogens is 438 g/mol. The molecule has 6 nitrogen and oxygen atoms in total. The highest BCUT2D eigenvalue weighted by Crippen LogP contribution is 2.33. The largest absolute Gasteiger partial charge is 0.441 e. The van der Waals surface area contributed by atoms with Crippen molar-refractivity contribution in [2.75, 3.05) is 0 Å². The van der Waals surface area contributed by atoms with Gasteiger partial charge in [0.15, 0.2) is 5.60 Å². The minimum atomic E-state index is -1.07. The summed E-state index contributed by atoms with van der Waals surface area (Å²) in [6.07, 6.45) is 5.50. The summed E-state index contributed by atoms with van der Waals surface area (Å²) in [4.78, 5) is 33.7. The van der Waals surface area contributed by atoms with Crippen molar-refractivity contribution < 1.29 is 14.3 Å². The Balaban J connectivity index is 1.59. The van der Waals surface area contributed by atoms with Crippen molar-refractivity contribution in [3.05, 3.63) is 95.0 Å². The number of hydrogen-bond donors (Lipinski definition) is 1. The molecule has 1 aliphatic carbocycles. The van der Waals surface area contributed by atoms with E-state index in [0.717, 1.165) is 18.4 Å². The molecule has 33 heavy (non-hydrogen) atoms. The van der Waals surface area contributed by atoms with E-state index >= 15 is 0 Å². The van der Waals surface area contributed by atoms with E-state index < -0.39 is 11.6 Å². The Bertz CT molecular complexity index is 1190. The lowest BCUT2D eigenvalue weighted by molar-refractivity contribution is -0.0122. The van der Waals surface area contributed by atoms with Gasteiger partial charge in [-0.1, -0.05) is 35.7 Å². The number of benzene rings is 1. The van der Waals surface area contributed by atoms with Gasteiger partial charge in [0.1, 0.15) is 11.4 Å². The van der Waals surface area contributed by atoms with Crippen molar-refractivity contribution in [2.45, 2.75) is 37.3 Å². The first-order valence-electron chi connectivity index (χ1n) is 10.7. The van der Waals surface area contributed by atoms with Crippen LogP contribution in [0, 0.1) is 11.8 Å². The van der Waals surface area contributed by atoms with Gasteiger partial charge in [-0.15, -0.1) is 0 Å². The topological polar surface area (TPSA) is 81.2 Å². The first-order valence-corrected chi connectivity index (χ1v) is 11.1. The lowest BCUT2D eigenvalue weighted by atomic mass is 9.81. The number of halogens is 1. The Kier molecular flexibility index (Phi) is 7.01. The summed E-state index contributed by atoms with van der Waals surface area (Å²) in [5, 5.41) is 3.59. The summed E-state index contributed by atoms with van der Waals surface area (Å²) < 4.78 is 5.96. The predicted octanol–water partition coefficient (Wildman–Crippen LogP) is 4.45. The molecule has 1 aliphatic rings. The number of rotatable bonds is 4. The fourth-order valence-electron chi connectivity index (χ4n) is 3.81. The van der Waals surface area contributed by atoms with Gasteiger partial charge >= 0.3 is 5.97 Å². The van der Waals surface area contributed by atoms with E-state index in [1.54, 1.807) is 54.7 Å². The molecule has 0 aliphatic heterocycles. The molecule has 166 valence electrons. The second-order valence-corrected chi connectivity index (χ2v) is 8.28. The molecule has 1 amide bonds. The van der Waals surface area contributed by atoms with Crippen LogP contribution in [0.2, 0.25) is 5.02 Å². The molecule has 7 heteroatoms. The Morgan fingerprint density at radius 3 is 2.48 bits per heavy atom. The van der Waals surface area contributed by atoms with Crippen LogP contribution >= 0.6 is 11.6 Å². The first-order chi connectivity index (χ1) is 16.0. The minimum Gasteiger partial charge on any atom is -0.441 e. The first kappa shape index (κ1) is 22.5. The molecular formula is C26H22ClN3O3. The number of carbonyl (C=O) groups excluding carboxylic acids is 2. The fraction of sp³-hybridized carbons (Fsp3) is 0.231. The third-order valence-electron chi connectivity index (χ3n) is 5.36. The molecule has 1 N–H and O–H groups in total. The van der Waals surface area contributed by atoms with Crippen LogP contribution in [0.5, 0.6) is 0 Å². The average Bonchev–Trinajstić information content (AvgIpc) is 2.84. The Morgan fingerprint density at radius 2 is 1.79 bits per heavy atom. The lowest BCUT2D eigenvalue weighted by Gasteiger charge is -2.36. The van der Waals surface area contributed by atoms with Crippen LogP contribution in [0.4, 0.5) is 0 Å². The van der Waals surface area contributed by atoms with Gasteiger partial charge in [-0.05, 0) is 67.6 Å². The maximum atomic E-state index is 12.9. The van der Waals surface area contributed by atoms with Gasteiger partial charge in [-0.3, -0.25) is 9.78 Å². The summed E-state index contributed by atoms with van der Waals surface area (Å²) in [6.45, 7) is 0. The molecule has 0 bridgehead atoms. The van der Waals surface area contributed by atoms with Crippen LogP contribution < -0.4 is 5.32 Å². The summed E-state index contributed by atoms with van der Waals surface area (Å²) in [5.74, 6) is 5.46. The Morgan fingerprint density at radius 1 is 1.03 bits per heavy atom. The van der Waals surface area contributed by atoms with Crippen molar-refractivity contribution in [3.8, 4) is 11.8 Å². The molecule has 3 aromatic rings. The Labute approximate surface area is 197 Å². The number of nitrogens with zero attached hydrogens (tertiary/aromatic N) is 2. The zero-order valence-electron chi connectivity index (χ0n) is 17.8. The second-order valence-electron chi connectivity index (χ2n) is 7.84. The predicted molar refractivity (Wildman–Crippen MR) is 125 cm³/mol. The molecule has 1 fully saturated rings. The number of ether oxygens (including phenoxy) is 1. The number of aromatic nitrogens is 2. The van der Waals surface area contributed by atoms with Gasteiger partial charge in [-0.2, -0.15) is 0 Å². The molecule has 4 rings (SSSR count). The maximum absolute atomic E-state index is 12.9. The minimum absolute atomic E-state index is 0.209. The van der Waals surface area contributed by atoms with E-state index in [2.05, 4.69) is 27.1 Å². The highest BCUT2D eigenvalue weighted by Gasteiger charge is 2.40. The average molecular weight is 460 g/mol. The maximum Gasteiger partial charge on any atom is 0.358 e. The number of carbonyl (C=O) groups is 2. The quantitative estimate of drug-likeness (QED) is 0.460. The molecule has 0 radical (unpaired) electrons. The number of pyridine rings is 2. The molecule has 0 saturated heterocycles. The van der Waals surface area contributed by atoms with Crippen LogP contribution in [0.3, 0.4) is 0 Å². The number of hydrogen-bond acceptors (Lipinski definition) is 5. The molecule has 1 aromatic carbocycles. The number of nitrogens with one attached hydrogen (secondary N) is 1. The monoisotopic (exact) mass is 459 g/mol. The van der Waals surface area contributed by atoms with E-state index in [4.69, 9.17) is 16.3 Å². The smallest absolute Gasteiger partial charge is 0.358 e. The van der Waals surface area contributed by atoms with E-state index in [1.165, 1.54) is 6.20 Å². The van der Waals surface area contributed by atoms with E-state index in [-0.39, 0.29) is 17.6 Å². The van der Waals surface area contributed by atoms with Crippen LogP contribution in [0.25, 0.3) is 0 Å². The third kappa shape index (κ3) is 5.97. The van der Waals surface area contributed by atoms with Crippen LogP contribution in [0.1, 0.15) is 52.2 Å². The zero-order chi connectivity index (χ0) is 23.1. The number of amides is 1. The molecule has 1 saturated carbocycles. The molecule has 0 spiro atoms.